The minimum Gasteiger partial charge on any atom is -0.364 e. The molecular weight excluding hydrogens is 228 g/mol. The van der Waals surface area contributed by atoms with Gasteiger partial charge in [0.05, 0.1) is 12.4 Å². The highest BCUT2D eigenvalue weighted by molar-refractivity contribution is 5.92. The van der Waals surface area contributed by atoms with Crippen LogP contribution in [-0.4, -0.2) is 27.0 Å². The molecule has 0 fully saturated rings. The van der Waals surface area contributed by atoms with E-state index in [4.69, 9.17) is 0 Å². The molecule has 1 aromatic heterocycles. The van der Waals surface area contributed by atoms with E-state index in [-0.39, 0.29) is 17.0 Å². The van der Waals surface area contributed by atoms with Crippen molar-refractivity contribution in [2.24, 2.45) is 0 Å². The topological polar surface area (TPSA) is 66.9 Å². The SMILES string of the molecule is CC(C)(C)NC(=O)c1cnc(NC(C)(C)C)cn1. The van der Waals surface area contributed by atoms with Gasteiger partial charge in [0.1, 0.15) is 11.5 Å². The summed E-state index contributed by atoms with van der Waals surface area (Å²) in [6.07, 6.45) is 3.05. The van der Waals surface area contributed by atoms with E-state index in [1.54, 1.807) is 6.20 Å². The van der Waals surface area contributed by atoms with Crippen molar-refractivity contribution < 1.29 is 4.79 Å². The molecule has 5 heteroatoms. The first-order chi connectivity index (χ1) is 8.07. The summed E-state index contributed by atoms with van der Waals surface area (Å²) >= 11 is 0. The van der Waals surface area contributed by atoms with Gasteiger partial charge < -0.3 is 10.6 Å². The van der Waals surface area contributed by atoms with Crippen LogP contribution in [0.2, 0.25) is 0 Å². The molecule has 0 unspecified atom stereocenters. The molecule has 0 bridgehead atoms. The zero-order valence-corrected chi connectivity index (χ0v) is 12.0. The summed E-state index contributed by atoms with van der Waals surface area (Å²) in [5, 5.41) is 6.03. The molecule has 2 N–H and O–H groups in total. The zero-order chi connectivity index (χ0) is 14.0. The van der Waals surface area contributed by atoms with E-state index in [0.29, 0.717) is 11.5 Å². The third kappa shape index (κ3) is 5.12. The standard InChI is InChI=1S/C13H22N4O/c1-12(2,3)16-10-8-14-9(7-15-10)11(18)17-13(4,5)6/h7-8H,1-6H3,(H,15,16)(H,17,18). The number of nitrogens with zero attached hydrogens (tertiary/aromatic N) is 2. The molecule has 1 heterocycles. The van der Waals surface area contributed by atoms with Crippen molar-refractivity contribution in [3.63, 3.8) is 0 Å². The molecule has 0 spiro atoms. The zero-order valence-electron chi connectivity index (χ0n) is 12.0. The second kappa shape index (κ2) is 4.92. The van der Waals surface area contributed by atoms with Crippen molar-refractivity contribution in [2.45, 2.75) is 52.6 Å². The number of nitrogens with one attached hydrogen (secondary N) is 2. The molecule has 0 saturated carbocycles. The maximum absolute atomic E-state index is 11.8. The Morgan fingerprint density at radius 1 is 1.00 bits per heavy atom. The van der Waals surface area contributed by atoms with Crippen molar-refractivity contribution in [2.75, 3.05) is 5.32 Å². The van der Waals surface area contributed by atoms with Gasteiger partial charge in [0, 0.05) is 11.1 Å². The second-order valence-electron chi connectivity index (χ2n) is 6.37. The third-order valence-electron chi connectivity index (χ3n) is 1.88. The van der Waals surface area contributed by atoms with E-state index in [1.165, 1.54) is 6.20 Å². The normalized spacial score (nSPS) is 12.1. The molecule has 0 radical (unpaired) electrons. The first-order valence-corrected chi connectivity index (χ1v) is 6.00. The Morgan fingerprint density at radius 2 is 1.61 bits per heavy atom. The summed E-state index contributed by atoms with van der Waals surface area (Å²) < 4.78 is 0. The molecule has 100 valence electrons. The number of carbonyl (C=O) groups is 1. The molecule has 5 nitrogen and oxygen atoms in total. The van der Waals surface area contributed by atoms with Gasteiger partial charge in [0.2, 0.25) is 0 Å². The number of rotatable bonds is 2. The van der Waals surface area contributed by atoms with Gasteiger partial charge >= 0.3 is 0 Å². The molecular formula is C13H22N4O. The first kappa shape index (κ1) is 14.4. The van der Waals surface area contributed by atoms with Crippen LogP contribution in [0.4, 0.5) is 5.82 Å². The van der Waals surface area contributed by atoms with E-state index in [2.05, 4.69) is 20.6 Å². The van der Waals surface area contributed by atoms with Crippen LogP contribution in [0.1, 0.15) is 52.0 Å². The minimum absolute atomic E-state index is 0.0795. The maximum atomic E-state index is 11.8. The maximum Gasteiger partial charge on any atom is 0.271 e. The van der Waals surface area contributed by atoms with Gasteiger partial charge in [-0.1, -0.05) is 0 Å². The smallest absolute Gasteiger partial charge is 0.271 e. The molecule has 0 saturated heterocycles. The molecule has 1 rings (SSSR count). The van der Waals surface area contributed by atoms with Crippen molar-refractivity contribution in [1.82, 2.24) is 15.3 Å². The summed E-state index contributed by atoms with van der Waals surface area (Å²) in [5.41, 5.74) is -0.0327. The highest BCUT2D eigenvalue weighted by atomic mass is 16.2. The summed E-state index contributed by atoms with van der Waals surface area (Å²) in [4.78, 5) is 20.1. The molecule has 1 amide bonds. The van der Waals surface area contributed by atoms with Crippen molar-refractivity contribution >= 4 is 11.7 Å². The molecule has 1 aromatic rings. The number of carbonyl (C=O) groups excluding carboxylic acids is 1. The lowest BCUT2D eigenvalue weighted by molar-refractivity contribution is 0.0914. The van der Waals surface area contributed by atoms with Gasteiger partial charge in [-0.2, -0.15) is 0 Å². The molecule has 0 aromatic carbocycles. The highest BCUT2D eigenvalue weighted by Crippen LogP contribution is 2.10. The van der Waals surface area contributed by atoms with Gasteiger partial charge in [-0.05, 0) is 41.5 Å². The monoisotopic (exact) mass is 250 g/mol. The summed E-state index contributed by atoms with van der Waals surface area (Å²) in [5.74, 6) is 0.451. The van der Waals surface area contributed by atoms with Gasteiger partial charge in [0.15, 0.2) is 0 Å². The van der Waals surface area contributed by atoms with E-state index in [9.17, 15) is 4.79 Å². The molecule has 18 heavy (non-hydrogen) atoms. The Labute approximate surface area is 108 Å². The fourth-order valence-electron chi connectivity index (χ4n) is 1.30. The third-order valence-corrected chi connectivity index (χ3v) is 1.88. The van der Waals surface area contributed by atoms with Gasteiger partial charge in [0.25, 0.3) is 5.91 Å². The molecule has 0 aliphatic rings. The van der Waals surface area contributed by atoms with Crippen LogP contribution in [0.3, 0.4) is 0 Å². The lowest BCUT2D eigenvalue weighted by Crippen LogP contribution is -2.41. The van der Waals surface area contributed by atoms with Crippen LogP contribution >= 0.6 is 0 Å². The summed E-state index contributed by atoms with van der Waals surface area (Å²) in [6.45, 7) is 11.9. The lowest BCUT2D eigenvalue weighted by Gasteiger charge is -2.21. The minimum atomic E-state index is -0.277. The van der Waals surface area contributed by atoms with E-state index >= 15 is 0 Å². The van der Waals surface area contributed by atoms with Crippen LogP contribution in [0.15, 0.2) is 12.4 Å². The summed E-state index contributed by atoms with van der Waals surface area (Å²) in [7, 11) is 0. The average molecular weight is 250 g/mol. The van der Waals surface area contributed by atoms with E-state index in [1.807, 2.05) is 41.5 Å². The van der Waals surface area contributed by atoms with Crippen LogP contribution in [0, 0.1) is 0 Å². The Morgan fingerprint density at radius 3 is 2.00 bits per heavy atom. The Hall–Kier alpha value is -1.65. The Kier molecular flexibility index (Phi) is 3.94. The number of aromatic nitrogens is 2. The predicted molar refractivity (Wildman–Crippen MR) is 72.6 cm³/mol. The van der Waals surface area contributed by atoms with Gasteiger partial charge in [-0.15, -0.1) is 0 Å². The highest BCUT2D eigenvalue weighted by Gasteiger charge is 2.17. The van der Waals surface area contributed by atoms with Crippen molar-refractivity contribution in [3.8, 4) is 0 Å². The number of hydrogen-bond donors (Lipinski definition) is 2. The predicted octanol–water partition coefficient (Wildman–Crippen LogP) is 2.22. The summed E-state index contributed by atoms with van der Waals surface area (Å²) in [6, 6.07) is 0. The number of anilines is 1. The molecule has 0 aliphatic heterocycles. The van der Waals surface area contributed by atoms with Crippen molar-refractivity contribution in [1.29, 1.82) is 0 Å². The number of hydrogen-bond acceptors (Lipinski definition) is 4. The average Bonchev–Trinajstić information content (AvgIpc) is 2.13. The molecule has 0 aliphatic carbocycles. The van der Waals surface area contributed by atoms with Crippen molar-refractivity contribution in [3.05, 3.63) is 18.1 Å². The van der Waals surface area contributed by atoms with E-state index < -0.39 is 0 Å². The Balaban J connectivity index is 2.74. The second-order valence-corrected chi connectivity index (χ2v) is 6.37. The van der Waals surface area contributed by atoms with Gasteiger partial charge in [-0.25, -0.2) is 9.97 Å². The number of amides is 1. The Bertz CT molecular complexity index is 412. The van der Waals surface area contributed by atoms with Gasteiger partial charge in [-0.3, -0.25) is 4.79 Å². The fourth-order valence-corrected chi connectivity index (χ4v) is 1.30. The van der Waals surface area contributed by atoms with Crippen LogP contribution in [0.5, 0.6) is 0 Å². The first-order valence-electron chi connectivity index (χ1n) is 6.00. The van der Waals surface area contributed by atoms with Crippen LogP contribution in [0.25, 0.3) is 0 Å². The fraction of sp³-hybridized carbons (Fsp3) is 0.615. The van der Waals surface area contributed by atoms with Crippen LogP contribution < -0.4 is 10.6 Å². The molecule has 0 atom stereocenters. The largest absolute Gasteiger partial charge is 0.364 e. The van der Waals surface area contributed by atoms with E-state index in [0.717, 1.165) is 0 Å². The quantitative estimate of drug-likeness (QED) is 0.844. The van der Waals surface area contributed by atoms with Crippen LogP contribution in [-0.2, 0) is 0 Å². The lowest BCUT2D eigenvalue weighted by atomic mass is 10.1.